The van der Waals surface area contributed by atoms with Gasteiger partial charge in [0.1, 0.15) is 0 Å². The molecule has 0 amide bonds. The van der Waals surface area contributed by atoms with Gasteiger partial charge < -0.3 is 0 Å². The van der Waals surface area contributed by atoms with E-state index >= 15 is 0 Å². The summed E-state index contributed by atoms with van der Waals surface area (Å²) >= 11 is 7.88. The van der Waals surface area contributed by atoms with E-state index in [1.165, 1.54) is 226 Å². The predicted molar refractivity (Wildman–Crippen MR) is 270 cm³/mol. The number of benzene rings is 4. The fourth-order valence-electron chi connectivity index (χ4n) is 11.5. The van der Waals surface area contributed by atoms with Crippen molar-refractivity contribution in [2.24, 2.45) is 0 Å². The van der Waals surface area contributed by atoms with Crippen LogP contribution in [0.1, 0.15) is 240 Å². The molecule has 0 aliphatic heterocycles. The Hall–Kier alpha value is -2.16. The third kappa shape index (κ3) is 11.7. The van der Waals surface area contributed by atoms with Crippen LogP contribution < -0.4 is 0 Å². The molecule has 0 N–H and O–H groups in total. The molecule has 2 aliphatic rings. The molecule has 0 bridgehead atoms. The largest absolute Gasteiger partial charge is 0.0720 e. The van der Waals surface area contributed by atoms with E-state index in [0.717, 1.165) is 8.95 Å². The van der Waals surface area contributed by atoms with Gasteiger partial charge in [0, 0.05) is 14.4 Å². The molecule has 4 aromatic carbocycles. The lowest BCUT2D eigenvalue weighted by Gasteiger charge is -2.50. The van der Waals surface area contributed by atoms with Gasteiger partial charge >= 0.3 is 0 Å². The number of fused-ring (bicyclic) bond motifs is 9. The van der Waals surface area contributed by atoms with E-state index in [1.807, 2.05) is 0 Å². The molecule has 0 fully saturated rings. The van der Waals surface area contributed by atoms with Crippen LogP contribution in [0.15, 0.2) is 93.9 Å². The second-order valence-corrected chi connectivity index (χ2v) is 20.8. The van der Waals surface area contributed by atoms with Gasteiger partial charge in [-0.15, -0.1) is 0 Å². The smallest absolute Gasteiger partial charge is 0.0654 e. The minimum atomic E-state index is -0.347. The first-order valence-electron chi connectivity index (χ1n) is 25.4. The molecule has 0 saturated heterocycles. The molecule has 0 atom stereocenters. The van der Waals surface area contributed by atoms with Crippen LogP contribution in [0, 0.1) is 0 Å². The van der Waals surface area contributed by atoms with Crippen LogP contribution >= 0.6 is 31.9 Å². The fraction of sp³-hybridized carbons (Fsp3) is 0.586. The first kappa shape index (κ1) is 47.3. The molecule has 0 unspecified atom stereocenters. The Morgan fingerprint density at radius 2 is 0.600 bits per heavy atom. The van der Waals surface area contributed by atoms with Gasteiger partial charge in [-0.1, -0.05) is 286 Å². The van der Waals surface area contributed by atoms with Crippen molar-refractivity contribution in [1.82, 2.24) is 0 Å². The summed E-state index contributed by atoms with van der Waals surface area (Å²) in [6, 6.07) is 33.5. The lowest BCUT2D eigenvalue weighted by Crippen LogP contribution is -2.43. The van der Waals surface area contributed by atoms with Gasteiger partial charge in [-0.2, -0.15) is 0 Å². The second-order valence-electron chi connectivity index (χ2n) is 19.0. The topological polar surface area (TPSA) is 0 Å². The maximum Gasteiger partial charge on any atom is 0.0720 e. The van der Waals surface area contributed by atoms with Gasteiger partial charge in [-0.05, 0) is 81.6 Å². The van der Waals surface area contributed by atoms with Crippen LogP contribution in [-0.4, -0.2) is 0 Å². The summed E-state index contributed by atoms with van der Waals surface area (Å²) in [6.07, 6.45) is 41.8. The molecule has 6 rings (SSSR count). The molecule has 0 heterocycles. The van der Waals surface area contributed by atoms with E-state index in [2.05, 4.69) is 131 Å². The highest BCUT2D eigenvalue weighted by Gasteiger charge is 2.55. The van der Waals surface area contributed by atoms with Crippen LogP contribution in [0.3, 0.4) is 0 Å². The summed E-state index contributed by atoms with van der Waals surface area (Å²) < 4.78 is 2.31. The van der Waals surface area contributed by atoms with Crippen molar-refractivity contribution < 1.29 is 0 Å². The van der Waals surface area contributed by atoms with Crippen molar-refractivity contribution in [2.45, 2.75) is 217 Å². The summed E-state index contributed by atoms with van der Waals surface area (Å²) in [5.41, 5.74) is 11.5. The minimum absolute atomic E-state index is 0.0215. The SMILES string of the molecule is CCCCCCCCCCCCCCCCC1(CCCCCCCCCCCCCCCC)c2ccccc2C2(c3cc(Br)ccc3-c3ccc(Br)cc32)c2ccccc21. The molecule has 0 nitrogen and oxygen atoms in total. The summed E-state index contributed by atoms with van der Waals surface area (Å²) in [4.78, 5) is 0. The zero-order valence-corrected chi connectivity index (χ0v) is 41.2. The van der Waals surface area contributed by atoms with Crippen LogP contribution in [-0.2, 0) is 10.8 Å². The summed E-state index contributed by atoms with van der Waals surface area (Å²) in [5, 5.41) is 0. The van der Waals surface area contributed by atoms with E-state index in [-0.39, 0.29) is 10.8 Å². The van der Waals surface area contributed by atoms with Gasteiger partial charge in [-0.3, -0.25) is 0 Å². The summed E-state index contributed by atoms with van der Waals surface area (Å²) in [7, 11) is 0. The quantitative estimate of drug-likeness (QED) is 0.0403. The van der Waals surface area contributed by atoms with Gasteiger partial charge in [-0.25, -0.2) is 0 Å². The number of unbranched alkanes of at least 4 members (excludes halogenated alkanes) is 26. The van der Waals surface area contributed by atoms with Crippen molar-refractivity contribution in [1.29, 1.82) is 0 Å². The molecule has 4 aromatic rings. The third-order valence-electron chi connectivity index (χ3n) is 14.7. The van der Waals surface area contributed by atoms with Gasteiger partial charge in [0.2, 0.25) is 0 Å². The predicted octanol–water partition coefficient (Wildman–Crippen LogP) is 19.9. The van der Waals surface area contributed by atoms with Gasteiger partial charge in [0.25, 0.3) is 0 Å². The highest BCUT2D eigenvalue weighted by atomic mass is 79.9. The van der Waals surface area contributed by atoms with E-state index in [1.54, 1.807) is 11.1 Å². The van der Waals surface area contributed by atoms with Crippen LogP contribution in [0.25, 0.3) is 11.1 Å². The first-order valence-corrected chi connectivity index (χ1v) is 27.0. The molecule has 0 saturated carbocycles. The average Bonchev–Trinajstić information content (AvgIpc) is 3.54. The number of hydrogen-bond donors (Lipinski definition) is 0. The van der Waals surface area contributed by atoms with Crippen molar-refractivity contribution in [3.8, 4) is 11.1 Å². The Labute approximate surface area is 385 Å². The van der Waals surface area contributed by atoms with Gasteiger partial charge in [0.15, 0.2) is 0 Å². The van der Waals surface area contributed by atoms with E-state index < -0.39 is 0 Å². The lowest BCUT2D eigenvalue weighted by atomic mass is 9.52. The molecular formula is C58H80Br2. The monoisotopic (exact) mass is 934 g/mol. The molecular weight excluding hydrogens is 856 g/mol. The first-order chi connectivity index (χ1) is 29.6. The molecule has 2 aliphatic carbocycles. The standard InChI is InChI=1S/C58H80Br2/c1-3-5-7-9-11-13-15-17-19-21-23-25-27-33-43-57(44-34-28-26-24-22-20-18-16-14-12-10-8-6-4-2)51-35-29-31-37-53(51)58(54-38-32-30-36-52(54)57)55-45-47(59)39-41-49(55)50-42-40-48(60)46-56(50)58/h29-32,35-42,45-46H,3-28,33-34,43-44H2,1-2H3. The normalized spacial score (nSPS) is 14.3. The van der Waals surface area contributed by atoms with E-state index in [4.69, 9.17) is 0 Å². The molecule has 326 valence electrons. The number of rotatable bonds is 30. The molecule has 60 heavy (non-hydrogen) atoms. The summed E-state index contributed by atoms with van der Waals surface area (Å²) in [5.74, 6) is 0. The lowest BCUT2D eigenvalue weighted by molar-refractivity contribution is 0.371. The number of halogens is 2. The maximum absolute atomic E-state index is 3.94. The molecule has 2 heteroatoms. The second kappa shape index (κ2) is 25.2. The maximum atomic E-state index is 3.94. The van der Waals surface area contributed by atoms with Crippen LogP contribution in [0.5, 0.6) is 0 Å². The van der Waals surface area contributed by atoms with Crippen LogP contribution in [0.4, 0.5) is 0 Å². The van der Waals surface area contributed by atoms with Crippen molar-refractivity contribution in [3.63, 3.8) is 0 Å². The minimum Gasteiger partial charge on any atom is -0.0654 e. The Bertz CT molecular complexity index is 1720. The molecule has 0 aromatic heterocycles. The third-order valence-corrected chi connectivity index (χ3v) is 15.7. The van der Waals surface area contributed by atoms with Crippen molar-refractivity contribution in [2.75, 3.05) is 0 Å². The van der Waals surface area contributed by atoms with Crippen molar-refractivity contribution in [3.05, 3.63) is 127 Å². The van der Waals surface area contributed by atoms with E-state index in [9.17, 15) is 0 Å². The zero-order chi connectivity index (χ0) is 41.9. The van der Waals surface area contributed by atoms with Crippen molar-refractivity contribution >= 4 is 31.9 Å². The Morgan fingerprint density at radius 1 is 0.317 bits per heavy atom. The Morgan fingerprint density at radius 3 is 0.917 bits per heavy atom. The Kier molecular flexibility index (Phi) is 19.9. The van der Waals surface area contributed by atoms with Crippen LogP contribution in [0.2, 0.25) is 0 Å². The summed E-state index contributed by atoms with van der Waals surface area (Å²) in [6.45, 7) is 4.63. The molecule has 0 radical (unpaired) electrons. The van der Waals surface area contributed by atoms with Gasteiger partial charge in [0.05, 0.1) is 5.41 Å². The van der Waals surface area contributed by atoms with E-state index in [0.29, 0.717) is 0 Å². The Balaban J connectivity index is 1.16. The fourth-order valence-corrected chi connectivity index (χ4v) is 12.2. The molecule has 1 spiro atoms. The highest BCUT2D eigenvalue weighted by Crippen LogP contribution is 2.64. The average molecular weight is 937 g/mol. The number of hydrogen-bond acceptors (Lipinski definition) is 0. The highest BCUT2D eigenvalue weighted by molar-refractivity contribution is 9.10. The zero-order valence-electron chi connectivity index (χ0n) is 38.1.